The number of aliphatic hydroxyl groups excluding tert-OH is 1. The molecule has 1 amide bonds. The van der Waals surface area contributed by atoms with Gasteiger partial charge in [0, 0.05) is 18.5 Å². The zero-order valence-corrected chi connectivity index (χ0v) is 14.5. The Hall–Kier alpha value is -2.27. The van der Waals surface area contributed by atoms with Gasteiger partial charge >= 0.3 is 0 Å². The van der Waals surface area contributed by atoms with Gasteiger partial charge in [-0.1, -0.05) is 12.1 Å². The fourth-order valence-corrected chi connectivity index (χ4v) is 2.62. The standard InChI is InChI=1S/C19H25NO4/c1-13-12-17(14(2)24-13)18(21)10-11-20-19(22)9-6-15-4-7-16(23-3)8-5-15/h4-5,7-8,12,18,21H,6,9-11H2,1-3H3,(H,20,22). The lowest BCUT2D eigenvalue weighted by atomic mass is 10.1. The third-order valence-electron chi connectivity index (χ3n) is 3.98. The molecule has 0 aliphatic rings. The van der Waals surface area contributed by atoms with Crippen LogP contribution in [0.4, 0.5) is 0 Å². The van der Waals surface area contributed by atoms with Crippen molar-refractivity contribution in [2.75, 3.05) is 13.7 Å². The average Bonchev–Trinajstić information content (AvgIpc) is 2.92. The van der Waals surface area contributed by atoms with Crippen molar-refractivity contribution in [3.63, 3.8) is 0 Å². The van der Waals surface area contributed by atoms with E-state index >= 15 is 0 Å². The monoisotopic (exact) mass is 331 g/mol. The van der Waals surface area contributed by atoms with E-state index in [1.807, 2.05) is 44.2 Å². The first-order chi connectivity index (χ1) is 11.5. The van der Waals surface area contributed by atoms with Gasteiger partial charge in [0.2, 0.25) is 5.91 Å². The van der Waals surface area contributed by atoms with Crippen molar-refractivity contribution in [2.45, 2.75) is 39.2 Å². The molecule has 5 heteroatoms. The van der Waals surface area contributed by atoms with Gasteiger partial charge in [-0.3, -0.25) is 4.79 Å². The van der Waals surface area contributed by atoms with Crippen LogP contribution in [0.15, 0.2) is 34.7 Å². The number of benzene rings is 1. The highest BCUT2D eigenvalue weighted by atomic mass is 16.5. The van der Waals surface area contributed by atoms with Crippen LogP contribution in [0.25, 0.3) is 0 Å². The molecule has 0 radical (unpaired) electrons. The number of methoxy groups -OCH3 is 1. The Bertz CT molecular complexity index is 661. The summed E-state index contributed by atoms with van der Waals surface area (Å²) < 4.78 is 10.5. The van der Waals surface area contributed by atoms with Crippen molar-refractivity contribution >= 4 is 5.91 Å². The molecule has 1 heterocycles. The minimum absolute atomic E-state index is 0.0156. The molecule has 2 N–H and O–H groups in total. The predicted molar refractivity (Wildman–Crippen MR) is 92.1 cm³/mol. The molecule has 1 aromatic carbocycles. The molecule has 1 atom stereocenters. The van der Waals surface area contributed by atoms with Crippen LogP contribution in [0.5, 0.6) is 5.75 Å². The highest BCUT2D eigenvalue weighted by Gasteiger charge is 2.14. The number of furan rings is 1. The molecule has 0 saturated carbocycles. The predicted octanol–water partition coefficient (Wildman–Crippen LogP) is 3.08. The molecule has 0 spiro atoms. The van der Waals surface area contributed by atoms with Crippen LogP contribution in [-0.4, -0.2) is 24.7 Å². The summed E-state index contributed by atoms with van der Waals surface area (Å²) in [4.78, 5) is 11.9. The summed E-state index contributed by atoms with van der Waals surface area (Å²) in [6.07, 6.45) is 0.947. The van der Waals surface area contributed by atoms with Crippen LogP contribution >= 0.6 is 0 Å². The van der Waals surface area contributed by atoms with Gasteiger partial charge in [0.05, 0.1) is 13.2 Å². The Morgan fingerprint density at radius 1 is 1.29 bits per heavy atom. The van der Waals surface area contributed by atoms with Crippen molar-refractivity contribution in [1.29, 1.82) is 0 Å². The number of ether oxygens (including phenoxy) is 1. The van der Waals surface area contributed by atoms with Gasteiger partial charge in [0.25, 0.3) is 0 Å². The molecule has 24 heavy (non-hydrogen) atoms. The zero-order valence-electron chi connectivity index (χ0n) is 14.5. The average molecular weight is 331 g/mol. The van der Waals surface area contributed by atoms with Crippen molar-refractivity contribution in [2.24, 2.45) is 0 Å². The molecule has 1 aromatic heterocycles. The van der Waals surface area contributed by atoms with Gasteiger partial charge in [0.15, 0.2) is 0 Å². The Labute approximate surface area is 142 Å². The van der Waals surface area contributed by atoms with Gasteiger partial charge < -0.3 is 19.6 Å². The van der Waals surface area contributed by atoms with Crippen LogP contribution in [0, 0.1) is 13.8 Å². The minimum atomic E-state index is -0.621. The molecule has 0 aliphatic carbocycles. The van der Waals surface area contributed by atoms with Gasteiger partial charge in [-0.2, -0.15) is 0 Å². The Kier molecular flexibility index (Phi) is 6.44. The van der Waals surface area contributed by atoms with E-state index in [9.17, 15) is 9.90 Å². The largest absolute Gasteiger partial charge is 0.497 e. The fourth-order valence-electron chi connectivity index (χ4n) is 2.62. The van der Waals surface area contributed by atoms with Crippen molar-refractivity contribution in [3.8, 4) is 5.75 Å². The summed E-state index contributed by atoms with van der Waals surface area (Å²) in [6, 6.07) is 9.53. The molecule has 130 valence electrons. The number of rotatable bonds is 8. The second-order valence-electron chi connectivity index (χ2n) is 5.87. The Morgan fingerprint density at radius 2 is 2.00 bits per heavy atom. The number of amides is 1. The van der Waals surface area contributed by atoms with Crippen molar-refractivity contribution < 1.29 is 19.1 Å². The maximum atomic E-state index is 11.9. The third kappa shape index (κ3) is 5.13. The molecule has 2 aromatic rings. The molecule has 0 saturated heterocycles. The quantitative estimate of drug-likeness (QED) is 0.780. The number of carbonyl (C=O) groups is 1. The maximum Gasteiger partial charge on any atom is 0.220 e. The van der Waals surface area contributed by atoms with E-state index in [-0.39, 0.29) is 5.91 Å². The number of carbonyl (C=O) groups excluding carboxylic acids is 1. The molecule has 1 unspecified atom stereocenters. The number of aryl methyl sites for hydroxylation is 3. The van der Waals surface area contributed by atoms with Gasteiger partial charge in [-0.15, -0.1) is 0 Å². The molecule has 0 aliphatic heterocycles. The van der Waals surface area contributed by atoms with Crippen molar-refractivity contribution in [3.05, 3.63) is 53.0 Å². The number of aliphatic hydroxyl groups is 1. The summed E-state index contributed by atoms with van der Waals surface area (Å²) in [5, 5.41) is 13.0. The molecule has 2 rings (SSSR count). The molecule has 0 fully saturated rings. The first-order valence-corrected chi connectivity index (χ1v) is 8.14. The lowest BCUT2D eigenvalue weighted by molar-refractivity contribution is -0.121. The fraction of sp³-hybridized carbons (Fsp3) is 0.421. The molecular weight excluding hydrogens is 306 g/mol. The van der Waals surface area contributed by atoms with Gasteiger partial charge in [-0.05, 0) is 50.5 Å². The number of hydrogen-bond donors (Lipinski definition) is 2. The lowest BCUT2D eigenvalue weighted by Gasteiger charge is -2.10. The van der Waals surface area contributed by atoms with E-state index in [0.717, 1.165) is 28.4 Å². The van der Waals surface area contributed by atoms with Gasteiger partial charge in [-0.25, -0.2) is 0 Å². The van der Waals surface area contributed by atoms with Crippen molar-refractivity contribution in [1.82, 2.24) is 5.32 Å². The molecule has 5 nitrogen and oxygen atoms in total. The van der Waals surface area contributed by atoms with E-state index in [0.29, 0.717) is 25.8 Å². The van der Waals surface area contributed by atoms with Crippen LogP contribution in [0.1, 0.15) is 41.6 Å². The summed E-state index contributed by atoms with van der Waals surface area (Å²) in [5.41, 5.74) is 1.88. The molecule has 0 bridgehead atoms. The molecular formula is C19H25NO4. The summed E-state index contributed by atoms with van der Waals surface area (Å²) in [5.74, 6) is 2.30. The number of hydrogen-bond acceptors (Lipinski definition) is 4. The van der Waals surface area contributed by atoms with E-state index in [1.54, 1.807) is 7.11 Å². The second-order valence-corrected chi connectivity index (χ2v) is 5.87. The number of nitrogens with one attached hydrogen (secondary N) is 1. The van der Waals surface area contributed by atoms with Crippen LogP contribution < -0.4 is 10.1 Å². The Balaban J connectivity index is 1.70. The van der Waals surface area contributed by atoms with Crippen LogP contribution in [-0.2, 0) is 11.2 Å². The zero-order chi connectivity index (χ0) is 17.5. The topological polar surface area (TPSA) is 71.7 Å². The smallest absolute Gasteiger partial charge is 0.220 e. The van der Waals surface area contributed by atoms with E-state index in [4.69, 9.17) is 9.15 Å². The van der Waals surface area contributed by atoms with Gasteiger partial charge in [0.1, 0.15) is 17.3 Å². The highest BCUT2D eigenvalue weighted by molar-refractivity contribution is 5.76. The van der Waals surface area contributed by atoms with E-state index in [1.165, 1.54) is 0 Å². The Morgan fingerprint density at radius 3 is 2.58 bits per heavy atom. The van der Waals surface area contributed by atoms with E-state index < -0.39 is 6.10 Å². The normalized spacial score (nSPS) is 12.0. The first-order valence-electron chi connectivity index (χ1n) is 8.14. The first kappa shape index (κ1) is 18.1. The maximum absolute atomic E-state index is 11.9. The SMILES string of the molecule is COc1ccc(CCC(=O)NCCC(O)c2cc(C)oc2C)cc1. The van der Waals surface area contributed by atoms with Crippen LogP contribution in [0.2, 0.25) is 0 Å². The minimum Gasteiger partial charge on any atom is -0.497 e. The summed E-state index contributed by atoms with van der Waals surface area (Å²) in [6.45, 7) is 4.12. The highest BCUT2D eigenvalue weighted by Crippen LogP contribution is 2.23. The second kappa shape index (κ2) is 8.55. The van der Waals surface area contributed by atoms with E-state index in [2.05, 4.69) is 5.32 Å². The summed E-state index contributed by atoms with van der Waals surface area (Å²) in [7, 11) is 1.63. The summed E-state index contributed by atoms with van der Waals surface area (Å²) >= 11 is 0. The third-order valence-corrected chi connectivity index (χ3v) is 3.98. The van der Waals surface area contributed by atoms with Crippen LogP contribution in [0.3, 0.4) is 0 Å². The lowest BCUT2D eigenvalue weighted by Crippen LogP contribution is -2.25.